The number of likely N-dealkylation sites (N-methyl/N-ethyl adjacent to an activating group) is 1. The molecule has 2 amide bonds. The third kappa shape index (κ3) is 4.21. The zero-order valence-electron chi connectivity index (χ0n) is 13.3. The number of hydrogen-bond acceptors (Lipinski definition) is 4. The van der Waals surface area contributed by atoms with E-state index in [1.807, 2.05) is 13.0 Å². The first-order chi connectivity index (χ1) is 11.0. The smallest absolute Gasteiger partial charge is 0.408 e. The lowest BCUT2D eigenvalue weighted by Gasteiger charge is -2.13. The summed E-state index contributed by atoms with van der Waals surface area (Å²) in [5.74, 6) is -0.857. The van der Waals surface area contributed by atoms with Crippen molar-refractivity contribution in [2.24, 2.45) is 0 Å². The van der Waals surface area contributed by atoms with Gasteiger partial charge in [0, 0.05) is 19.5 Å². The van der Waals surface area contributed by atoms with Crippen molar-refractivity contribution in [2.45, 2.75) is 39.3 Å². The molecule has 0 fully saturated rings. The van der Waals surface area contributed by atoms with E-state index in [1.54, 1.807) is 25.1 Å². The van der Waals surface area contributed by atoms with Gasteiger partial charge in [0.2, 0.25) is 11.8 Å². The highest BCUT2D eigenvalue weighted by atomic mass is 16.4. The molecule has 0 saturated heterocycles. The van der Waals surface area contributed by atoms with Crippen molar-refractivity contribution in [1.29, 1.82) is 0 Å². The third-order valence-corrected chi connectivity index (χ3v) is 3.48. The number of nitrogens with zero attached hydrogens (tertiary/aromatic N) is 1. The molecule has 2 rings (SSSR count). The van der Waals surface area contributed by atoms with Crippen molar-refractivity contribution in [3.63, 3.8) is 0 Å². The van der Waals surface area contributed by atoms with Crippen LogP contribution in [0, 0.1) is 0 Å². The van der Waals surface area contributed by atoms with Crippen molar-refractivity contribution in [2.75, 3.05) is 6.54 Å². The molecular formula is C16H21N3O4. The molecule has 0 unspecified atom stereocenters. The number of carbonyl (C=O) groups excluding carboxylic acids is 2. The van der Waals surface area contributed by atoms with E-state index < -0.39 is 11.8 Å². The number of oxazole rings is 1. The Labute approximate surface area is 133 Å². The summed E-state index contributed by atoms with van der Waals surface area (Å²) in [5, 5.41) is 5.28. The van der Waals surface area contributed by atoms with Crippen LogP contribution >= 0.6 is 0 Å². The molecule has 0 saturated carbocycles. The first-order valence-electron chi connectivity index (χ1n) is 7.68. The number of amides is 2. The largest absolute Gasteiger partial charge is 0.419 e. The number of aryl methyl sites for hydroxylation is 1. The number of rotatable bonds is 7. The maximum atomic E-state index is 11.8. The zero-order chi connectivity index (χ0) is 16.8. The minimum Gasteiger partial charge on any atom is -0.408 e. The van der Waals surface area contributed by atoms with Crippen molar-refractivity contribution in [3.8, 4) is 0 Å². The van der Waals surface area contributed by atoms with E-state index in [1.165, 1.54) is 4.57 Å². The van der Waals surface area contributed by atoms with Gasteiger partial charge in [-0.25, -0.2) is 4.79 Å². The fourth-order valence-corrected chi connectivity index (χ4v) is 2.33. The van der Waals surface area contributed by atoms with Crippen molar-refractivity contribution >= 4 is 22.9 Å². The number of benzene rings is 1. The van der Waals surface area contributed by atoms with Crippen molar-refractivity contribution in [1.82, 2.24) is 15.2 Å². The van der Waals surface area contributed by atoms with Crippen LogP contribution in [-0.2, 0) is 16.1 Å². The summed E-state index contributed by atoms with van der Waals surface area (Å²) in [4.78, 5) is 35.2. The van der Waals surface area contributed by atoms with Gasteiger partial charge in [0.15, 0.2) is 5.58 Å². The van der Waals surface area contributed by atoms with E-state index in [-0.39, 0.29) is 18.2 Å². The molecule has 0 aliphatic carbocycles. The Hall–Kier alpha value is -2.57. The van der Waals surface area contributed by atoms with E-state index in [4.69, 9.17) is 4.42 Å². The van der Waals surface area contributed by atoms with E-state index >= 15 is 0 Å². The van der Waals surface area contributed by atoms with Gasteiger partial charge in [-0.2, -0.15) is 0 Å². The second-order valence-electron chi connectivity index (χ2n) is 5.27. The average Bonchev–Trinajstić information content (AvgIpc) is 2.83. The van der Waals surface area contributed by atoms with Crippen LogP contribution in [-0.4, -0.2) is 29.0 Å². The molecule has 0 aliphatic heterocycles. The summed E-state index contributed by atoms with van der Waals surface area (Å²) in [6.45, 7) is 4.37. The van der Waals surface area contributed by atoms with Gasteiger partial charge in [-0.3, -0.25) is 14.2 Å². The average molecular weight is 319 g/mol. The van der Waals surface area contributed by atoms with E-state index in [0.717, 1.165) is 0 Å². The van der Waals surface area contributed by atoms with Crippen LogP contribution in [0.5, 0.6) is 0 Å². The third-order valence-electron chi connectivity index (χ3n) is 3.48. The quantitative estimate of drug-likeness (QED) is 0.796. The zero-order valence-corrected chi connectivity index (χ0v) is 13.3. The Morgan fingerprint density at radius 3 is 2.78 bits per heavy atom. The second kappa shape index (κ2) is 7.62. The standard InChI is InChI=1S/C16H21N3O4/c1-3-17-15(21)11(2)18-14(20)9-6-10-19-12-7-4-5-8-13(12)23-16(19)22/h4-5,7-8,11H,3,6,9-10H2,1-2H3,(H,17,21)(H,18,20)/t11-/m1/s1. The van der Waals surface area contributed by atoms with Gasteiger partial charge in [0.25, 0.3) is 0 Å². The molecule has 7 nitrogen and oxygen atoms in total. The number of hydrogen-bond donors (Lipinski definition) is 2. The molecular weight excluding hydrogens is 298 g/mol. The first-order valence-corrected chi connectivity index (χ1v) is 7.68. The Morgan fingerprint density at radius 2 is 2.04 bits per heavy atom. The van der Waals surface area contributed by atoms with Crippen molar-refractivity contribution < 1.29 is 14.0 Å². The van der Waals surface area contributed by atoms with Crippen LogP contribution in [0.4, 0.5) is 0 Å². The van der Waals surface area contributed by atoms with Gasteiger partial charge >= 0.3 is 5.76 Å². The summed E-state index contributed by atoms with van der Waals surface area (Å²) in [6, 6.07) is 6.59. The molecule has 23 heavy (non-hydrogen) atoms. The number of fused-ring (bicyclic) bond motifs is 1. The van der Waals surface area contributed by atoms with Crippen LogP contribution in [0.15, 0.2) is 33.5 Å². The highest BCUT2D eigenvalue weighted by Gasteiger charge is 2.14. The number of nitrogens with one attached hydrogen (secondary N) is 2. The SMILES string of the molecule is CCNC(=O)[C@@H](C)NC(=O)CCCn1c(=O)oc2ccccc21. The number of carbonyl (C=O) groups is 2. The van der Waals surface area contributed by atoms with Gasteiger partial charge in [-0.1, -0.05) is 12.1 Å². The van der Waals surface area contributed by atoms with E-state index in [9.17, 15) is 14.4 Å². The molecule has 1 aromatic carbocycles. The fourth-order valence-electron chi connectivity index (χ4n) is 2.33. The minimum absolute atomic E-state index is 0.210. The Kier molecular flexibility index (Phi) is 5.56. The number of aromatic nitrogens is 1. The Morgan fingerprint density at radius 1 is 1.30 bits per heavy atom. The maximum absolute atomic E-state index is 11.8. The fraction of sp³-hybridized carbons (Fsp3) is 0.438. The van der Waals surface area contributed by atoms with Crippen molar-refractivity contribution in [3.05, 3.63) is 34.8 Å². The van der Waals surface area contributed by atoms with Crippen LogP contribution in [0.25, 0.3) is 11.1 Å². The molecule has 0 spiro atoms. The predicted molar refractivity (Wildman–Crippen MR) is 86.0 cm³/mol. The lowest BCUT2D eigenvalue weighted by molar-refractivity contribution is -0.128. The monoisotopic (exact) mass is 319 g/mol. The van der Waals surface area contributed by atoms with Gasteiger partial charge < -0.3 is 15.1 Å². The topological polar surface area (TPSA) is 93.3 Å². The lowest BCUT2D eigenvalue weighted by Crippen LogP contribution is -2.44. The highest BCUT2D eigenvalue weighted by Crippen LogP contribution is 2.12. The van der Waals surface area contributed by atoms with Gasteiger partial charge in [-0.15, -0.1) is 0 Å². The van der Waals surface area contributed by atoms with Crippen LogP contribution < -0.4 is 16.4 Å². The molecule has 0 aliphatic rings. The number of para-hydroxylation sites is 2. The van der Waals surface area contributed by atoms with Gasteiger partial charge in [-0.05, 0) is 32.4 Å². The molecule has 1 aromatic heterocycles. The molecule has 1 atom stereocenters. The molecule has 0 bridgehead atoms. The minimum atomic E-state index is -0.570. The Bertz CT molecular complexity index is 747. The summed E-state index contributed by atoms with van der Waals surface area (Å²) in [6.07, 6.45) is 0.715. The van der Waals surface area contributed by atoms with Crippen LogP contribution in [0.2, 0.25) is 0 Å². The second-order valence-corrected chi connectivity index (χ2v) is 5.27. The molecule has 7 heteroatoms. The van der Waals surface area contributed by atoms with Crippen LogP contribution in [0.3, 0.4) is 0 Å². The van der Waals surface area contributed by atoms with E-state index in [0.29, 0.717) is 30.6 Å². The summed E-state index contributed by atoms with van der Waals surface area (Å²) < 4.78 is 6.64. The molecule has 2 aromatic rings. The van der Waals surface area contributed by atoms with Crippen LogP contribution in [0.1, 0.15) is 26.7 Å². The molecule has 1 heterocycles. The Balaban J connectivity index is 1.87. The van der Waals surface area contributed by atoms with E-state index in [2.05, 4.69) is 10.6 Å². The lowest BCUT2D eigenvalue weighted by atomic mass is 10.2. The molecule has 124 valence electrons. The predicted octanol–water partition coefficient (Wildman–Crippen LogP) is 1.02. The molecule has 0 radical (unpaired) electrons. The molecule has 2 N–H and O–H groups in total. The van der Waals surface area contributed by atoms with Gasteiger partial charge in [0.05, 0.1) is 5.52 Å². The van der Waals surface area contributed by atoms with Gasteiger partial charge in [0.1, 0.15) is 6.04 Å². The maximum Gasteiger partial charge on any atom is 0.419 e. The summed E-state index contributed by atoms with van der Waals surface area (Å²) in [7, 11) is 0. The highest BCUT2D eigenvalue weighted by molar-refractivity contribution is 5.87. The summed E-state index contributed by atoms with van der Waals surface area (Å²) >= 11 is 0. The summed E-state index contributed by atoms with van der Waals surface area (Å²) in [5.41, 5.74) is 1.25. The normalized spacial score (nSPS) is 12.1. The first kappa shape index (κ1) is 16.8.